The minimum Gasteiger partial charge on any atom is -0.379 e. The number of hydrogen-bond donors (Lipinski definition) is 9. The maximum absolute atomic E-state index is 6.55. The van der Waals surface area contributed by atoms with Gasteiger partial charge in [-0.1, -0.05) is 30.5 Å². The first-order valence-electron chi connectivity index (χ1n) is 35.6. The number of rotatable bonds is 15. The molecule has 24 heteroatoms. The van der Waals surface area contributed by atoms with Crippen molar-refractivity contribution in [2.45, 2.75) is 115 Å². The fourth-order valence-corrected chi connectivity index (χ4v) is 16.2. The molecule has 1 aromatic carbocycles. The van der Waals surface area contributed by atoms with Gasteiger partial charge in [0.2, 0.25) is 23.8 Å². The molecule has 0 radical (unpaired) electrons. The third-order valence-corrected chi connectivity index (χ3v) is 21.4. The Labute approximate surface area is 590 Å². The second-order valence-electron chi connectivity index (χ2n) is 27.6. The summed E-state index contributed by atoms with van der Waals surface area (Å²) in [6.07, 6.45) is 36.3. The monoisotopic (exact) mass is 1370 g/mol. The summed E-state index contributed by atoms with van der Waals surface area (Å²) in [4.78, 5) is 69.3. The van der Waals surface area contributed by atoms with Crippen LogP contribution in [0.5, 0.6) is 0 Å². The van der Waals surface area contributed by atoms with Gasteiger partial charge in [-0.25, -0.2) is 59.8 Å². The normalized spacial score (nSPS) is 21.4. The van der Waals surface area contributed by atoms with E-state index in [0.717, 1.165) is 201 Å². The minimum atomic E-state index is 0.344. The Balaban J connectivity index is 0.000000105. The van der Waals surface area contributed by atoms with Gasteiger partial charge in [-0.15, -0.1) is 0 Å². The van der Waals surface area contributed by atoms with Crippen molar-refractivity contribution < 1.29 is 4.74 Å². The van der Waals surface area contributed by atoms with E-state index in [2.05, 4.69) is 122 Å². The van der Waals surface area contributed by atoms with Gasteiger partial charge < -0.3 is 51.7 Å². The summed E-state index contributed by atoms with van der Waals surface area (Å²) < 4.78 is 5.41. The van der Waals surface area contributed by atoms with Crippen LogP contribution in [-0.4, -0.2) is 142 Å². The maximum Gasteiger partial charge on any atom is 0.227 e. The van der Waals surface area contributed by atoms with E-state index >= 15 is 0 Å². The van der Waals surface area contributed by atoms with Crippen LogP contribution in [0.2, 0.25) is 5.02 Å². The number of H-pyrrole nitrogens is 4. The van der Waals surface area contributed by atoms with Crippen LogP contribution in [0.4, 0.5) is 29.5 Å². The van der Waals surface area contributed by atoms with Gasteiger partial charge in [0, 0.05) is 161 Å². The smallest absolute Gasteiger partial charge is 0.227 e. The molecule has 10 N–H and O–H groups in total. The number of nitrogens with two attached hydrogens (primary N) is 1. The fraction of sp³-hybridized carbons (Fsp3) is 0.351. The third-order valence-electron chi connectivity index (χ3n) is 21.1. The number of benzene rings is 1. The van der Waals surface area contributed by atoms with Crippen LogP contribution in [-0.2, 0) is 11.2 Å². The molecule has 5 aliphatic carbocycles. The first-order valence-corrected chi connectivity index (χ1v) is 36.0. The van der Waals surface area contributed by atoms with E-state index in [1.807, 2.05) is 104 Å². The quantitative estimate of drug-likeness (QED) is 0.0461. The van der Waals surface area contributed by atoms with Crippen molar-refractivity contribution in [3.8, 4) is 45.0 Å². The lowest BCUT2D eigenvalue weighted by molar-refractivity contribution is 0.0384. The molecule has 23 nitrogen and oxygen atoms in total. The van der Waals surface area contributed by atoms with Gasteiger partial charge in [0.25, 0.3) is 0 Å². The summed E-state index contributed by atoms with van der Waals surface area (Å²) in [6, 6.07) is 31.7. The molecular weight excluding hydrogens is 1280 g/mol. The lowest BCUT2D eigenvalue weighted by Gasteiger charge is -2.26. The average Bonchev–Trinajstić information content (AvgIpc) is 1.70. The molecule has 13 heterocycles. The van der Waals surface area contributed by atoms with Crippen LogP contribution in [0.3, 0.4) is 0 Å². The van der Waals surface area contributed by atoms with E-state index < -0.39 is 0 Å². The Hall–Kier alpha value is -10.3. The highest BCUT2D eigenvalue weighted by Gasteiger charge is 2.41. The summed E-state index contributed by atoms with van der Waals surface area (Å²) in [5.41, 5.74) is 20.4. The predicted octanol–water partition coefficient (Wildman–Crippen LogP) is 14.5. The summed E-state index contributed by atoms with van der Waals surface area (Å²) in [7, 11) is 0. The summed E-state index contributed by atoms with van der Waals surface area (Å²) in [5, 5.41) is 18.8. The summed E-state index contributed by atoms with van der Waals surface area (Å²) in [6.45, 7) is 6.68. The van der Waals surface area contributed by atoms with Crippen molar-refractivity contribution >= 4 is 85.2 Å². The highest BCUT2D eigenvalue weighted by Crippen LogP contribution is 2.47. The SMILES string of the molecule is Cc1[nH]c2ncccc2c1-c1ccnc(NC2CCC(N)CC2)n1.Clc1cc(CCN2CCOCC2)ccc1Nc1nccc(-c2c[nH]c3ncccc23)n1.c1cnc2[nH]cc(-c3ccnc(N[C@@H]4CC5CCC4C5)n3)c2c1.c1cnc2[nH]cc(-c3ccnc(N[C@H]4CC5CCC4C5)n3)c2c1. The number of aromatic amines is 4. The number of nitrogens with one attached hydrogen (secondary N) is 8. The third kappa shape index (κ3) is 15.0. The lowest BCUT2D eigenvalue weighted by atomic mass is 9.92. The highest BCUT2D eigenvalue weighted by molar-refractivity contribution is 6.33. The molecule has 6 atom stereocenters. The molecule has 1 saturated heterocycles. The van der Waals surface area contributed by atoms with Crippen LogP contribution >= 0.6 is 11.6 Å². The molecule has 4 unspecified atom stereocenters. The van der Waals surface area contributed by atoms with Gasteiger partial charge in [0.15, 0.2) is 0 Å². The Bertz CT molecular complexity index is 4830. The molecule has 6 aliphatic rings. The minimum absolute atomic E-state index is 0.344. The number of ether oxygens (including phenoxy) is 1. The molecule has 101 heavy (non-hydrogen) atoms. The van der Waals surface area contributed by atoms with Gasteiger partial charge in [0.1, 0.15) is 22.6 Å². The molecule has 0 amide bonds. The second kappa shape index (κ2) is 29.9. The Morgan fingerprint density at radius 2 is 0.970 bits per heavy atom. The largest absolute Gasteiger partial charge is 0.379 e. The van der Waals surface area contributed by atoms with Crippen molar-refractivity contribution in [2.24, 2.45) is 29.4 Å². The van der Waals surface area contributed by atoms with Gasteiger partial charge in [-0.3, -0.25) is 4.90 Å². The van der Waals surface area contributed by atoms with E-state index in [1.165, 1.54) is 56.9 Å². The molecule has 514 valence electrons. The number of fused-ring (bicyclic) bond motifs is 8. The topological polar surface area (TPSA) is 304 Å². The van der Waals surface area contributed by atoms with E-state index in [9.17, 15) is 0 Å². The fourth-order valence-electron chi connectivity index (χ4n) is 15.9. The van der Waals surface area contributed by atoms with E-state index in [1.54, 1.807) is 31.0 Å². The van der Waals surface area contributed by atoms with Crippen LogP contribution in [0.1, 0.15) is 88.3 Å². The van der Waals surface area contributed by atoms with Crippen LogP contribution in [0, 0.1) is 30.6 Å². The van der Waals surface area contributed by atoms with E-state index in [4.69, 9.17) is 37.0 Å². The number of morpholine rings is 1. The number of hydrogen-bond acceptors (Lipinski definition) is 19. The number of nitrogens with zero attached hydrogens (tertiary/aromatic N) is 13. The van der Waals surface area contributed by atoms with E-state index in [0.29, 0.717) is 41.1 Å². The summed E-state index contributed by atoms with van der Waals surface area (Å²) in [5.74, 6) is 6.13. The Morgan fingerprint density at radius 3 is 1.48 bits per heavy atom. The van der Waals surface area contributed by atoms with Crippen molar-refractivity contribution in [3.63, 3.8) is 0 Å². The lowest BCUT2D eigenvalue weighted by Crippen LogP contribution is -2.37. The van der Waals surface area contributed by atoms with Gasteiger partial charge in [-0.2, -0.15) is 0 Å². The number of anilines is 5. The number of pyridine rings is 4. The summed E-state index contributed by atoms with van der Waals surface area (Å²) >= 11 is 6.55. The van der Waals surface area contributed by atoms with Crippen molar-refractivity contribution in [3.05, 3.63) is 175 Å². The second-order valence-corrected chi connectivity index (χ2v) is 28.1. The molecule has 19 rings (SSSR count). The first kappa shape index (κ1) is 65.3. The van der Waals surface area contributed by atoms with Crippen molar-refractivity contribution in [2.75, 3.05) is 54.1 Å². The van der Waals surface area contributed by atoms with Crippen molar-refractivity contribution in [1.82, 2.24) is 84.6 Å². The van der Waals surface area contributed by atoms with Crippen LogP contribution < -0.4 is 27.0 Å². The number of aryl methyl sites for hydroxylation is 1. The van der Waals surface area contributed by atoms with Gasteiger partial charge in [-0.05, 0) is 192 Å². The number of halogens is 1. The molecule has 1 aliphatic heterocycles. The average molecular weight is 1370 g/mol. The zero-order valence-electron chi connectivity index (χ0n) is 56.5. The van der Waals surface area contributed by atoms with E-state index in [-0.39, 0.29) is 0 Å². The maximum atomic E-state index is 6.55. The molecule has 13 aromatic rings. The van der Waals surface area contributed by atoms with Crippen molar-refractivity contribution in [1.29, 1.82) is 0 Å². The zero-order valence-corrected chi connectivity index (χ0v) is 57.3. The highest BCUT2D eigenvalue weighted by atomic mass is 35.5. The van der Waals surface area contributed by atoms with Crippen LogP contribution in [0.15, 0.2) is 159 Å². The molecule has 5 saturated carbocycles. The molecular formula is C77H83ClN22O. The molecule has 4 bridgehead atoms. The van der Waals surface area contributed by atoms with Crippen LogP contribution in [0.25, 0.3) is 89.2 Å². The predicted molar refractivity (Wildman–Crippen MR) is 398 cm³/mol. The van der Waals surface area contributed by atoms with Gasteiger partial charge in [0.05, 0.1) is 46.7 Å². The Kier molecular flexibility index (Phi) is 19.3. The molecule has 12 aromatic heterocycles. The molecule has 0 spiro atoms. The standard InChI is InChI=1S/C23H23ClN6O.C18H22N6.2C18H19N5/c24-19-14-16(6-9-30-10-12-31-13-11-30)3-4-21(19)29-23-26-8-5-20(28-23)18-15-27-22-17(18)2-1-7-25-22;1-11-16(14-3-2-9-20-17(14)22-11)15-8-10-21-18(24-15)23-13-6-4-12(19)5-7-13;2*1-2-13-14(10-21-17(13)19-6-1)15-5-7-20-18(22-15)23-16-9-11-3-4-12(16)8-11/h1-5,7-8,14-15H,6,9-13H2,(H,25,27)(H,26,28,29);2-3,8-10,12-13H,4-7,19H2,1H3,(H,20,22)(H,21,23,24);2*1-2,5-7,10-12,16H,3-4,8-9H2,(H,19,21)(H,20,22,23)/t;;2*11?,12?,16-/m..10/s1. The number of aromatic nitrogens is 16. The molecule has 6 fully saturated rings. The Morgan fingerprint density at radius 1 is 0.495 bits per heavy atom. The first-order chi connectivity index (χ1) is 49.7. The zero-order chi connectivity index (χ0) is 68.0. The van der Waals surface area contributed by atoms with Gasteiger partial charge >= 0.3 is 0 Å².